The molecule has 0 aliphatic heterocycles. The summed E-state index contributed by atoms with van der Waals surface area (Å²) >= 11 is 0. The Bertz CT molecular complexity index is 762. The average molecular weight is 281 g/mol. The zero-order chi connectivity index (χ0) is 14.0. The zero-order valence-electron chi connectivity index (χ0n) is 9.74. The SMILES string of the molecule is Cn1cc(S(=O)(=O)Oc2cccc(F)c2C#N)cn1. The highest BCUT2D eigenvalue weighted by atomic mass is 32.2. The maximum atomic E-state index is 13.3. The number of hydrogen-bond donors (Lipinski definition) is 0. The number of benzene rings is 1. The molecule has 1 aromatic heterocycles. The summed E-state index contributed by atoms with van der Waals surface area (Å²) in [6, 6.07) is 5.06. The summed E-state index contributed by atoms with van der Waals surface area (Å²) in [5.41, 5.74) is -0.463. The van der Waals surface area contributed by atoms with Crippen molar-refractivity contribution in [1.29, 1.82) is 5.26 Å². The third kappa shape index (κ3) is 2.56. The highest BCUT2D eigenvalue weighted by Crippen LogP contribution is 2.24. The molecule has 0 aliphatic carbocycles. The summed E-state index contributed by atoms with van der Waals surface area (Å²) in [6.45, 7) is 0. The van der Waals surface area contributed by atoms with Gasteiger partial charge in [0.15, 0.2) is 5.75 Å². The van der Waals surface area contributed by atoms with E-state index in [2.05, 4.69) is 5.10 Å². The van der Waals surface area contributed by atoms with Gasteiger partial charge in [-0.25, -0.2) is 4.39 Å². The van der Waals surface area contributed by atoms with Crippen molar-refractivity contribution in [2.75, 3.05) is 0 Å². The van der Waals surface area contributed by atoms with Crippen LogP contribution in [0.3, 0.4) is 0 Å². The Hall–Kier alpha value is -2.40. The van der Waals surface area contributed by atoms with Gasteiger partial charge in [0.1, 0.15) is 22.3 Å². The van der Waals surface area contributed by atoms with Gasteiger partial charge in [-0.05, 0) is 12.1 Å². The minimum atomic E-state index is -4.14. The summed E-state index contributed by atoms with van der Waals surface area (Å²) in [5.74, 6) is -1.20. The maximum absolute atomic E-state index is 13.3. The van der Waals surface area contributed by atoms with Gasteiger partial charge in [-0.3, -0.25) is 4.68 Å². The van der Waals surface area contributed by atoms with E-state index in [-0.39, 0.29) is 10.6 Å². The molecule has 1 heterocycles. The fraction of sp³-hybridized carbons (Fsp3) is 0.0909. The third-order valence-corrected chi connectivity index (χ3v) is 3.44. The van der Waals surface area contributed by atoms with Crippen molar-refractivity contribution in [3.63, 3.8) is 0 Å². The van der Waals surface area contributed by atoms with Gasteiger partial charge in [-0.2, -0.15) is 18.8 Å². The Morgan fingerprint density at radius 3 is 2.79 bits per heavy atom. The molecule has 0 bridgehead atoms. The van der Waals surface area contributed by atoms with Crippen molar-refractivity contribution < 1.29 is 17.0 Å². The van der Waals surface area contributed by atoms with E-state index in [0.717, 1.165) is 12.3 Å². The molecule has 0 saturated heterocycles. The van der Waals surface area contributed by atoms with Crippen molar-refractivity contribution in [1.82, 2.24) is 9.78 Å². The summed E-state index contributed by atoms with van der Waals surface area (Å²) < 4.78 is 43.1. The van der Waals surface area contributed by atoms with Crippen LogP contribution in [0.1, 0.15) is 5.56 Å². The summed E-state index contributed by atoms with van der Waals surface area (Å²) in [7, 11) is -2.60. The molecule has 0 unspecified atom stereocenters. The Labute approximate surface area is 108 Å². The first-order valence-electron chi connectivity index (χ1n) is 5.06. The van der Waals surface area contributed by atoms with Crippen LogP contribution in [0, 0.1) is 17.1 Å². The molecule has 0 saturated carbocycles. The molecule has 1 aromatic carbocycles. The van der Waals surface area contributed by atoms with Crippen LogP contribution in [0.5, 0.6) is 5.75 Å². The van der Waals surface area contributed by atoms with E-state index >= 15 is 0 Å². The molecule has 0 spiro atoms. The lowest BCUT2D eigenvalue weighted by Crippen LogP contribution is -2.10. The fourth-order valence-corrected chi connectivity index (χ4v) is 2.31. The van der Waals surface area contributed by atoms with Crippen molar-refractivity contribution in [3.05, 3.63) is 42.0 Å². The third-order valence-electron chi connectivity index (χ3n) is 2.26. The van der Waals surface area contributed by atoms with Crippen molar-refractivity contribution in [2.45, 2.75) is 4.90 Å². The number of nitrogens with zero attached hydrogens (tertiary/aromatic N) is 3. The van der Waals surface area contributed by atoms with E-state index in [1.165, 1.54) is 23.0 Å². The predicted molar refractivity (Wildman–Crippen MR) is 62.1 cm³/mol. The minimum absolute atomic E-state index is 0.178. The van der Waals surface area contributed by atoms with Gasteiger partial charge in [0.2, 0.25) is 0 Å². The highest BCUT2D eigenvalue weighted by molar-refractivity contribution is 7.87. The van der Waals surface area contributed by atoms with Gasteiger partial charge in [0.05, 0.1) is 6.20 Å². The normalized spacial score (nSPS) is 11.0. The molecule has 0 atom stereocenters. The van der Waals surface area contributed by atoms with Gasteiger partial charge >= 0.3 is 10.1 Å². The van der Waals surface area contributed by atoms with Crippen LogP contribution in [-0.4, -0.2) is 18.2 Å². The Morgan fingerprint density at radius 1 is 1.47 bits per heavy atom. The van der Waals surface area contributed by atoms with E-state index in [1.54, 1.807) is 13.1 Å². The van der Waals surface area contributed by atoms with Gasteiger partial charge < -0.3 is 4.18 Å². The van der Waals surface area contributed by atoms with Crippen LogP contribution in [0.2, 0.25) is 0 Å². The van der Waals surface area contributed by atoms with Gasteiger partial charge in [0, 0.05) is 13.2 Å². The van der Waals surface area contributed by atoms with Gasteiger partial charge in [0.25, 0.3) is 0 Å². The first-order valence-corrected chi connectivity index (χ1v) is 6.46. The zero-order valence-corrected chi connectivity index (χ0v) is 10.6. The van der Waals surface area contributed by atoms with E-state index in [0.29, 0.717) is 0 Å². The topological polar surface area (TPSA) is 85.0 Å². The molecule has 19 heavy (non-hydrogen) atoms. The van der Waals surface area contributed by atoms with Gasteiger partial charge in [-0.15, -0.1) is 0 Å². The van der Waals surface area contributed by atoms with Crippen LogP contribution in [-0.2, 0) is 17.2 Å². The maximum Gasteiger partial charge on any atom is 0.342 e. The molecule has 0 aliphatic rings. The molecule has 0 radical (unpaired) electrons. The number of aryl methyl sites for hydroxylation is 1. The number of hydrogen-bond acceptors (Lipinski definition) is 5. The van der Waals surface area contributed by atoms with Crippen molar-refractivity contribution in [2.24, 2.45) is 7.05 Å². The van der Waals surface area contributed by atoms with Crippen LogP contribution in [0.25, 0.3) is 0 Å². The second-order valence-electron chi connectivity index (χ2n) is 3.61. The summed E-state index contributed by atoms with van der Waals surface area (Å²) in [6.07, 6.45) is 2.33. The second-order valence-corrected chi connectivity index (χ2v) is 5.16. The van der Waals surface area contributed by atoms with E-state index in [4.69, 9.17) is 9.44 Å². The Morgan fingerprint density at radius 2 is 2.21 bits per heavy atom. The fourth-order valence-electron chi connectivity index (χ4n) is 1.38. The van der Waals surface area contributed by atoms with E-state index in [1.807, 2.05) is 0 Å². The molecular formula is C11H8FN3O3S. The Balaban J connectivity index is 2.42. The minimum Gasteiger partial charge on any atom is -0.377 e. The lowest BCUT2D eigenvalue weighted by atomic mass is 10.2. The predicted octanol–water partition coefficient (Wildman–Crippen LogP) is 1.20. The molecule has 8 heteroatoms. The van der Waals surface area contributed by atoms with E-state index < -0.39 is 21.5 Å². The molecule has 2 rings (SSSR count). The van der Waals surface area contributed by atoms with Crippen LogP contribution in [0.15, 0.2) is 35.5 Å². The lowest BCUT2D eigenvalue weighted by Gasteiger charge is -2.06. The first kappa shape index (κ1) is 13.0. The number of nitriles is 1. The molecule has 0 N–H and O–H groups in total. The second kappa shape index (κ2) is 4.70. The molecule has 98 valence electrons. The summed E-state index contributed by atoms with van der Waals surface area (Å²) in [5, 5.41) is 12.5. The largest absolute Gasteiger partial charge is 0.377 e. The lowest BCUT2D eigenvalue weighted by molar-refractivity contribution is 0.482. The van der Waals surface area contributed by atoms with Crippen LogP contribution < -0.4 is 4.18 Å². The number of rotatable bonds is 3. The Kier molecular flexibility index (Phi) is 3.23. The molecule has 0 amide bonds. The number of aromatic nitrogens is 2. The molecular weight excluding hydrogens is 273 g/mol. The molecule has 0 fully saturated rings. The quantitative estimate of drug-likeness (QED) is 0.789. The highest BCUT2D eigenvalue weighted by Gasteiger charge is 2.21. The monoisotopic (exact) mass is 281 g/mol. The molecule has 6 nitrogen and oxygen atoms in total. The van der Waals surface area contributed by atoms with Gasteiger partial charge in [-0.1, -0.05) is 6.07 Å². The van der Waals surface area contributed by atoms with Crippen molar-refractivity contribution >= 4 is 10.1 Å². The first-order chi connectivity index (χ1) is 8.94. The number of halogens is 1. The van der Waals surface area contributed by atoms with Crippen molar-refractivity contribution in [3.8, 4) is 11.8 Å². The van der Waals surface area contributed by atoms with Crippen LogP contribution >= 0.6 is 0 Å². The standard InChI is InChI=1S/C11H8FN3O3S/c1-15-7-8(6-14-15)19(16,17)18-11-4-2-3-10(12)9(11)5-13/h2-4,6-7H,1H3. The summed E-state index contributed by atoms with van der Waals surface area (Å²) in [4.78, 5) is -0.178. The van der Waals surface area contributed by atoms with E-state index in [9.17, 15) is 12.8 Å². The smallest absolute Gasteiger partial charge is 0.342 e. The average Bonchev–Trinajstić information content (AvgIpc) is 2.76. The van der Waals surface area contributed by atoms with Crippen LogP contribution in [0.4, 0.5) is 4.39 Å². The molecule has 2 aromatic rings.